The zero-order valence-corrected chi connectivity index (χ0v) is 7.76. The van der Waals surface area contributed by atoms with Crippen LogP contribution >= 0.6 is 11.8 Å². The molecule has 1 saturated heterocycles. The van der Waals surface area contributed by atoms with Crippen molar-refractivity contribution < 1.29 is 19.5 Å². The third-order valence-electron chi connectivity index (χ3n) is 1.67. The summed E-state index contributed by atoms with van der Waals surface area (Å²) in [6, 6.07) is -0.724. The molecule has 0 bridgehead atoms. The first-order valence-corrected chi connectivity index (χ1v) is 4.72. The van der Waals surface area contributed by atoms with Crippen LogP contribution in [0.1, 0.15) is 6.92 Å². The van der Waals surface area contributed by atoms with E-state index in [0.717, 1.165) is 11.8 Å². The van der Waals surface area contributed by atoms with Crippen LogP contribution in [0, 0.1) is 0 Å². The first-order chi connectivity index (χ1) is 6.02. The van der Waals surface area contributed by atoms with Crippen molar-refractivity contribution in [1.82, 2.24) is 5.32 Å². The summed E-state index contributed by atoms with van der Waals surface area (Å²) in [6.45, 7) is 1.18. The van der Waals surface area contributed by atoms with E-state index in [1.165, 1.54) is 6.92 Å². The Bertz CT molecular complexity index is 265. The molecule has 72 valence electrons. The highest BCUT2D eigenvalue weighted by molar-refractivity contribution is 8.01. The minimum atomic E-state index is -0.994. The molecule has 0 aliphatic carbocycles. The van der Waals surface area contributed by atoms with Crippen molar-refractivity contribution in [3.05, 3.63) is 0 Å². The molecule has 6 heteroatoms. The molecule has 0 saturated carbocycles. The van der Waals surface area contributed by atoms with Crippen molar-refractivity contribution >= 4 is 29.3 Å². The van der Waals surface area contributed by atoms with Gasteiger partial charge in [-0.3, -0.25) is 19.7 Å². The quantitative estimate of drug-likeness (QED) is 0.588. The molecule has 1 aliphatic rings. The molecule has 13 heavy (non-hydrogen) atoms. The molecule has 0 amide bonds. The molecule has 0 aromatic carbocycles. The Morgan fingerprint density at radius 3 is 2.46 bits per heavy atom. The Kier molecular flexibility index (Phi) is 3.05. The van der Waals surface area contributed by atoms with Crippen LogP contribution in [-0.4, -0.2) is 39.8 Å². The third kappa shape index (κ3) is 2.28. The SMILES string of the molecule is CC(=O)C(=O)C1NC(C(=O)O)CS1. The number of rotatable bonds is 3. The third-order valence-corrected chi connectivity index (χ3v) is 2.87. The van der Waals surface area contributed by atoms with Crippen molar-refractivity contribution in [1.29, 1.82) is 0 Å². The van der Waals surface area contributed by atoms with Crippen LogP contribution in [-0.2, 0) is 14.4 Å². The zero-order valence-electron chi connectivity index (χ0n) is 6.94. The van der Waals surface area contributed by atoms with Crippen molar-refractivity contribution in [3.8, 4) is 0 Å². The average Bonchev–Trinajstić information content (AvgIpc) is 2.50. The number of carbonyl (C=O) groups is 3. The van der Waals surface area contributed by atoms with Gasteiger partial charge in [0.05, 0.1) is 0 Å². The topological polar surface area (TPSA) is 83.5 Å². The molecule has 0 radical (unpaired) electrons. The molecular formula is C7H9NO4S. The number of carbonyl (C=O) groups excluding carboxylic acids is 2. The lowest BCUT2D eigenvalue weighted by Gasteiger charge is -2.06. The summed E-state index contributed by atoms with van der Waals surface area (Å²) < 4.78 is 0. The Morgan fingerprint density at radius 1 is 1.46 bits per heavy atom. The maximum absolute atomic E-state index is 11.1. The van der Waals surface area contributed by atoms with Gasteiger partial charge in [-0.05, 0) is 0 Å². The van der Waals surface area contributed by atoms with E-state index in [0.29, 0.717) is 5.75 Å². The minimum absolute atomic E-state index is 0.318. The predicted molar refractivity (Wildman–Crippen MR) is 46.5 cm³/mol. The monoisotopic (exact) mass is 203 g/mol. The first kappa shape index (κ1) is 10.2. The standard InChI is InChI=1S/C7H9NO4S/c1-3(9)5(10)6-8-4(2-13-6)7(11)12/h4,6,8H,2H2,1H3,(H,11,12). The number of hydrogen-bond donors (Lipinski definition) is 2. The molecule has 2 unspecified atom stereocenters. The van der Waals surface area contributed by atoms with Gasteiger partial charge in [-0.2, -0.15) is 0 Å². The van der Waals surface area contributed by atoms with E-state index in [9.17, 15) is 14.4 Å². The second-order valence-corrected chi connectivity index (χ2v) is 3.83. The predicted octanol–water partition coefficient (Wildman–Crippen LogP) is -0.740. The number of ketones is 2. The molecular weight excluding hydrogens is 194 g/mol. The maximum atomic E-state index is 11.1. The van der Waals surface area contributed by atoms with E-state index in [1.807, 2.05) is 0 Å². The fourth-order valence-corrected chi connectivity index (χ4v) is 2.15. The van der Waals surface area contributed by atoms with Gasteiger partial charge in [0, 0.05) is 12.7 Å². The van der Waals surface area contributed by atoms with Gasteiger partial charge in [0.2, 0.25) is 5.78 Å². The number of nitrogens with one attached hydrogen (secondary N) is 1. The number of Topliss-reactive ketones (excluding diaryl/α,β-unsaturated/α-hetero) is 2. The van der Waals surface area contributed by atoms with Crippen LogP contribution in [0.2, 0.25) is 0 Å². The Balaban J connectivity index is 2.55. The van der Waals surface area contributed by atoms with Crippen molar-refractivity contribution in [3.63, 3.8) is 0 Å². The van der Waals surface area contributed by atoms with Crippen LogP contribution in [0.25, 0.3) is 0 Å². The Labute approximate surface area is 78.9 Å². The first-order valence-electron chi connectivity index (χ1n) is 3.67. The van der Waals surface area contributed by atoms with Gasteiger partial charge < -0.3 is 5.11 Å². The van der Waals surface area contributed by atoms with Crippen molar-refractivity contribution in [2.45, 2.75) is 18.3 Å². The van der Waals surface area contributed by atoms with Gasteiger partial charge in [-0.15, -0.1) is 11.8 Å². The second-order valence-electron chi connectivity index (χ2n) is 2.69. The highest BCUT2D eigenvalue weighted by Crippen LogP contribution is 2.19. The number of thioether (sulfide) groups is 1. The van der Waals surface area contributed by atoms with Gasteiger partial charge in [-0.1, -0.05) is 0 Å². The highest BCUT2D eigenvalue weighted by atomic mass is 32.2. The smallest absolute Gasteiger partial charge is 0.321 e. The number of hydrogen-bond acceptors (Lipinski definition) is 5. The minimum Gasteiger partial charge on any atom is -0.480 e. The van der Waals surface area contributed by atoms with Crippen LogP contribution in [0.5, 0.6) is 0 Å². The molecule has 0 aromatic rings. The fourth-order valence-electron chi connectivity index (χ4n) is 0.950. The summed E-state index contributed by atoms with van der Waals surface area (Å²) in [5.74, 6) is -1.78. The van der Waals surface area contributed by atoms with Crippen molar-refractivity contribution in [2.24, 2.45) is 0 Å². The summed E-state index contributed by atoms with van der Waals surface area (Å²) >= 11 is 1.15. The van der Waals surface area contributed by atoms with Crippen LogP contribution < -0.4 is 5.32 Å². The summed E-state index contributed by atoms with van der Waals surface area (Å²) in [7, 11) is 0. The van der Waals surface area contributed by atoms with E-state index >= 15 is 0 Å². The number of aliphatic carboxylic acids is 1. The lowest BCUT2D eigenvalue weighted by Crippen LogP contribution is -2.41. The molecule has 0 spiro atoms. The van der Waals surface area contributed by atoms with E-state index in [-0.39, 0.29) is 0 Å². The molecule has 2 N–H and O–H groups in total. The number of carboxylic acids is 1. The Morgan fingerprint density at radius 2 is 2.08 bits per heavy atom. The summed E-state index contributed by atoms with van der Waals surface area (Å²) in [5.41, 5.74) is 0. The van der Waals surface area contributed by atoms with Crippen molar-refractivity contribution in [2.75, 3.05) is 5.75 Å². The van der Waals surface area contributed by atoms with E-state index < -0.39 is 29.0 Å². The van der Waals surface area contributed by atoms with Crippen LogP contribution in [0.4, 0.5) is 0 Å². The van der Waals surface area contributed by atoms with Crippen LogP contribution in [0.15, 0.2) is 0 Å². The van der Waals surface area contributed by atoms with Gasteiger partial charge in [0.25, 0.3) is 0 Å². The van der Waals surface area contributed by atoms with Gasteiger partial charge in [0.1, 0.15) is 11.4 Å². The molecule has 5 nitrogen and oxygen atoms in total. The molecule has 1 fully saturated rings. The molecule has 2 atom stereocenters. The Hall–Kier alpha value is -0.880. The summed E-state index contributed by atoms with van der Waals surface area (Å²) in [4.78, 5) is 32.2. The summed E-state index contributed by atoms with van der Waals surface area (Å²) in [6.07, 6.45) is 0. The van der Waals surface area contributed by atoms with Crippen LogP contribution in [0.3, 0.4) is 0 Å². The van der Waals surface area contributed by atoms with Gasteiger partial charge in [0.15, 0.2) is 5.78 Å². The lowest BCUT2D eigenvalue weighted by atomic mass is 10.2. The molecule has 0 aromatic heterocycles. The largest absolute Gasteiger partial charge is 0.480 e. The normalized spacial score (nSPS) is 27.2. The fraction of sp³-hybridized carbons (Fsp3) is 0.571. The van der Waals surface area contributed by atoms with Gasteiger partial charge in [-0.25, -0.2) is 0 Å². The molecule has 1 rings (SSSR count). The van der Waals surface area contributed by atoms with E-state index in [1.54, 1.807) is 0 Å². The van der Waals surface area contributed by atoms with E-state index in [2.05, 4.69) is 5.32 Å². The maximum Gasteiger partial charge on any atom is 0.321 e. The lowest BCUT2D eigenvalue weighted by molar-refractivity contribution is -0.139. The van der Waals surface area contributed by atoms with Gasteiger partial charge >= 0.3 is 5.97 Å². The molecule has 1 heterocycles. The zero-order chi connectivity index (χ0) is 10.0. The second kappa shape index (κ2) is 3.89. The highest BCUT2D eigenvalue weighted by Gasteiger charge is 2.34. The number of carboxylic acid groups (broad SMARTS) is 1. The summed E-state index contributed by atoms with van der Waals surface area (Å²) in [5, 5.41) is 10.5. The molecule has 1 aliphatic heterocycles. The average molecular weight is 203 g/mol. The van der Waals surface area contributed by atoms with E-state index in [4.69, 9.17) is 5.11 Å².